The highest BCUT2D eigenvalue weighted by molar-refractivity contribution is 9.10. The molecule has 1 N–H and O–H groups in total. The van der Waals surface area contributed by atoms with Crippen LogP contribution < -0.4 is 5.32 Å². The third-order valence-electron chi connectivity index (χ3n) is 5.01. The lowest BCUT2D eigenvalue weighted by molar-refractivity contribution is 0.102. The van der Waals surface area contributed by atoms with Crippen LogP contribution in [0.1, 0.15) is 49.9 Å². The van der Waals surface area contributed by atoms with E-state index in [9.17, 15) is 13.2 Å². The number of hydrogen-bond acceptors (Lipinski definition) is 6. The molecule has 33 heavy (non-hydrogen) atoms. The lowest BCUT2D eigenvalue weighted by atomic mass is 10.2. The van der Waals surface area contributed by atoms with E-state index in [4.69, 9.17) is 4.42 Å². The molecule has 10 heteroatoms. The molecule has 1 amide bonds. The molecule has 0 aliphatic rings. The van der Waals surface area contributed by atoms with Crippen LogP contribution in [-0.4, -0.2) is 41.9 Å². The number of nitrogens with zero attached hydrogens (tertiary/aromatic N) is 3. The monoisotopic (exact) mass is 534 g/mol. The zero-order valence-electron chi connectivity index (χ0n) is 18.6. The van der Waals surface area contributed by atoms with Crippen molar-refractivity contribution in [2.24, 2.45) is 0 Å². The molecule has 0 saturated carbocycles. The van der Waals surface area contributed by atoms with Crippen LogP contribution in [0.15, 0.2) is 62.3 Å². The number of rotatable bonds is 11. The van der Waals surface area contributed by atoms with Crippen molar-refractivity contribution < 1.29 is 17.6 Å². The van der Waals surface area contributed by atoms with Crippen LogP contribution in [0.3, 0.4) is 0 Å². The number of carbonyl (C=O) groups excluding carboxylic acids is 1. The molecule has 3 rings (SSSR count). The first-order valence-electron chi connectivity index (χ1n) is 10.9. The van der Waals surface area contributed by atoms with Gasteiger partial charge in [0.2, 0.25) is 15.9 Å². The largest absolute Gasteiger partial charge is 0.403 e. The van der Waals surface area contributed by atoms with Crippen molar-refractivity contribution in [2.45, 2.75) is 44.4 Å². The highest BCUT2D eigenvalue weighted by atomic mass is 79.9. The average Bonchev–Trinajstić information content (AvgIpc) is 3.28. The molecule has 0 spiro atoms. The maximum Gasteiger partial charge on any atom is 0.322 e. The van der Waals surface area contributed by atoms with E-state index in [0.29, 0.717) is 13.1 Å². The van der Waals surface area contributed by atoms with Crippen LogP contribution >= 0.6 is 15.9 Å². The second-order valence-electron chi connectivity index (χ2n) is 7.51. The molecule has 0 fully saturated rings. The Bertz CT molecular complexity index is 1150. The number of sulfonamides is 1. The van der Waals surface area contributed by atoms with E-state index in [1.165, 1.54) is 28.6 Å². The number of hydrogen-bond donors (Lipinski definition) is 1. The van der Waals surface area contributed by atoms with Gasteiger partial charge in [-0.05, 0) is 61.4 Å². The quantitative estimate of drug-likeness (QED) is 0.355. The molecule has 1 aromatic heterocycles. The third-order valence-corrected chi connectivity index (χ3v) is 7.45. The van der Waals surface area contributed by atoms with Crippen molar-refractivity contribution in [3.8, 4) is 11.5 Å². The average molecular weight is 535 g/mol. The van der Waals surface area contributed by atoms with Crippen LogP contribution in [0.4, 0.5) is 6.01 Å². The summed E-state index contributed by atoms with van der Waals surface area (Å²) in [7, 11) is -3.62. The molecule has 0 aliphatic heterocycles. The smallest absolute Gasteiger partial charge is 0.322 e. The van der Waals surface area contributed by atoms with Crippen molar-refractivity contribution in [1.82, 2.24) is 14.5 Å². The van der Waals surface area contributed by atoms with Gasteiger partial charge in [0.05, 0.1) is 4.90 Å². The van der Waals surface area contributed by atoms with E-state index in [1.807, 2.05) is 38.1 Å². The molecular formula is C23H27BrN4O4S. The van der Waals surface area contributed by atoms with Gasteiger partial charge >= 0.3 is 6.01 Å². The Kier molecular flexibility index (Phi) is 8.76. The Morgan fingerprint density at radius 2 is 1.58 bits per heavy atom. The molecule has 0 aliphatic carbocycles. The van der Waals surface area contributed by atoms with Gasteiger partial charge in [-0.15, -0.1) is 5.10 Å². The molecule has 0 saturated heterocycles. The Morgan fingerprint density at radius 1 is 0.970 bits per heavy atom. The van der Waals surface area contributed by atoms with E-state index in [2.05, 4.69) is 31.4 Å². The van der Waals surface area contributed by atoms with Crippen molar-refractivity contribution in [3.63, 3.8) is 0 Å². The van der Waals surface area contributed by atoms with Crippen molar-refractivity contribution in [2.75, 3.05) is 18.4 Å². The van der Waals surface area contributed by atoms with Gasteiger partial charge in [-0.1, -0.05) is 47.7 Å². The minimum atomic E-state index is -3.62. The molecule has 0 unspecified atom stereocenters. The van der Waals surface area contributed by atoms with Gasteiger partial charge < -0.3 is 4.42 Å². The Labute approximate surface area is 202 Å². The van der Waals surface area contributed by atoms with Crippen LogP contribution in [0, 0.1) is 0 Å². The molecule has 0 radical (unpaired) electrons. The molecule has 176 valence electrons. The highest BCUT2D eigenvalue weighted by Gasteiger charge is 2.24. The first-order valence-corrected chi connectivity index (χ1v) is 13.1. The number of nitrogens with one attached hydrogen (secondary N) is 1. The number of aromatic nitrogens is 2. The summed E-state index contributed by atoms with van der Waals surface area (Å²) in [4.78, 5) is 12.7. The summed E-state index contributed by atoms with van der Waals surface area (Å²) in [6.07, 6.45) is 3.43. The first-order chi connectivity index (χ1) is 15.8. The van der Waals surface area contributed by atoms with Gasteiger partial charge in [-0.2, -0.15) is 4.31 Å². The van der Waals surface area contributed by atoms with Gasteiger partial charge in [0.1, 0.15) is 0 Å². The van der Waals surface area contributed by atoms with Crippen LogP contribution in [0.5, 0.6) is 0 Å². The van der Waals surface area contributed by atoms with Crippen molar-refractivity contribution in [1.29, 1.82) is 0 Å². The fourth-order valence-electron chi connectivity index (χ4n) is 3.10. The maximum absolute atomic E-state index is 13.1. The summed E-state index contributed by atoms with van der Waals surface area (Å²) in [5.41, 5.74) is 1.00. The Morgan fingerprint density at radius 3 is 2.15 bits per heavy atom. The molecule has 0 atom stereocenters. The fraction of sp³-hybridized carbons (Fsp3) is 0.348. The van der Waals surface area contributed by atoms with Gasteiger partial charge in [0, 0.05) is 28.7 Å². The molecule has 8 nitrogen and oxygen atoms in total. The predicted molar refractivity (Wildman–Crippen MR) is 130 cm³/mol. The van der Waals surface area contributed by atoms with E-state index in [1.54, 1.807) is 0 Å². The van der Waals surface area contributed by atoms with Gasteiger partial charge in [0.25, 0.3) is 5.91 Å². The van der Waals surface area contributed by atoms with Crippen molar-refractivity contribution in [3.05, 3.63) is 58.6 Å². The van der Waals surface area contributed by atoms with Crippen LogP contribution in [-0.2, 0) is 10.0 Å². The van der Waals surface area contributed by atoms with E-state index >= 15 is 0 Å². The number of benzene rings is 2. The maximum atomic E-state index is 13.1. The normalized spacial score (nSPS) is 11.6. The molecule has 3 aromatic rings. The molecular weight excluding hydrogens is 508 g/mol. The summed E-state index contributed by atoms with van der Waals surface area (Å²) in [5.74, 6) is -0.197. The number of amides is 1. The number of halogens is 1. The molecule has 0 bridgehead atoms. The molecule has 2 aromatic carbocycles. The molecule has 1 heterocycles. The first kappa shape index (κ1) is 25.1. The fourth-order valence-corrected chi connectivity index (χ4v) is 4.88. The second-order valence-corrected chi connectivity index (χ2v) is 10.4. The Hall–Kier alpha value is -2.56. The Balaban J connectivity index is 1.70. The predicted octanol–water partition coefficient (Wildman–Crippen LogP) is 5.34. The summed E-state index contributed by atoms with van der Waals surface area (Å²) in [5, 5.41) is 10.3. The number of carbonyl (C=O) groups is 1. The highest BCUT2D eigenvalue weighted by Crippen LogP contribution is 2.23. The standard InChI is InChI=1S/C23H27BrN4O4S/c1-3-5-15-28(16-6-4-2)33(30,31)20-13-9-17(10-14-20)21(29)25-23-27-26-22(32-23)18-7-11-19(24)12-8-18/h7-14H,3-6,15-16H2,1-2H3,(H,25,27,29). The topological polar surface area (TPSA) is 105 Å². The third kappa shape index (κ3) is 6.49. The SMILES string of the molecule is CCCCN(CCCC)S(=O)(=O)c1ccc(C(=O)Nc2nnc(-c3ccc(Br)cc3)o2)cc1. The van der Waals surface area contributed by atoms with E-state index in [0.717, 1.165) is 35.7 Å². The van der Waals surface area contributed by atoms with Crippen LogP contribution in [0.2, 0.25) is 0 Å². The van der Waals surface area contributed by atoms with Gasteiger partial charge in [0.15, 0.2) is 0 Å². The zero-order valence-corrected chi connectivity index (χ0v) is 21.0. The van der Waals surface area contributed by atoms with E-state index < -0.39 is 15.9 Å². The van der Waals surface area contributed by atoms with E-state index in [-0.39, 0.29) is 22.4 Å². The number of anilines is 1. The summed E-state index contributed by atoms with van der Waals surface area (Å²) in [6, 6.07) is 13.1. The lowest BCUT2D eigenvalue weighted by Crippen LogP contribution is -2.33. The zero-order chi connectivity index (χ0) is 23.8. The van der Waals surface area contributed by atoms with Gasteiger partial charge in [-0.3, -0.25) is 10.1 Å². The van der Waals surface area contributed by atoms with Crippen LogP contribution in [0.25, 0.3) is 11.5 Å². The summed E-state index contributed by atoms with van der Waals surface area (Å²) in [6.45, 7) is 5.03. The number of unbranched alkanes of at least 4 members (excludes halogenated alkanes) is 2. The summed E-state index contributed by atoms with van der Waals surface area (Å²) >= 11 is 3.36. The summed E-state index contributed by atoms with van der Waals surface area (Å²) < 4.78 is 34.1. The second kappa shape index (κ2) is 11.5. The lowest BCUT2D eigenvalue weighted by Gasteiger charge is -2.22. The minimum absolute atomic E-state index is 0.0417. The van der Waals surface area contributed by atoms with Gasteiger partial charge in [-0.25, -0.2) is 8.42 Å². The van der Waals surface area contributed by atoms with Crippen molar-refractivity contribution >= 4 is 37.9 Å². The minimum Gasteiger partial charge on any atom is -0.403 e.